The molecule has 3 atom stereocenters. The Morgan fingerprint density at radius 3 is 2.12 bits per heavy atom. The van der Waals surface area contributed by atoms with Crippen molar-refractivity contribution in [1.82, 2.24) is 14.8 Å². The summed E-state index contributed by atoms with van der Waals surface area (Å²) in [6, 6.07) is 6.06. The highest BCUT2D eigenvalue weighted by atomic mass is 19.4. The third-order valence-corrected chi connectivity index (χ3v) is 6.17. The van der Waals surface area contributed by atoms with E-state index in [1.165, 1.54) is 5.56 Å². The average molecular weight is 583 g/mol. The number of furan rings is 1. The van der Waals surface area contributed by atoms with Gasteiger partial charge in [0.2, 0.25) is 0 Å². The smallest absolute Gasteiger partial charge is 0.475 e. The van der Waals surface area contributed by atoms with Gasteiger partial charge in [-0.2, -0.15) is 26.3 Å². The lowest BCUT2D eigenvalue weighted by Crippen LogP contribution is -2.53. The number of aryl methyl sites for hydroxylation is 1. The van der Waals surface area contributed by atoms with E-state index in [0.29, 0.717) is 18.2 Å². The summed E-state index contributed by atoms with van der Waals surface area (Å²) < 4.78 is 74.7. The lowest BCUT2D eigenvalue weighted by atomic mass is 9.88. The summed E-state index contributed by atoms with van der Waals surface area (Å²) in [7, 11) is 1.78. The summed E-state index contributed by atoms with van der Waals surface area (Å²) in [6.45, 7) is 5.25. The normalized spacial score (nSPS) is 20.9. The Morgan fingerprint density at radius 2 is 1.68 bits per heavy atom. The van der Waals surface area contributed by atoms with Gasteiger partial charge in [-0.05, 0) is 31.0 Å². The maximum Gasteiger partial charge on any atom is 0.490 e. The van der Waals surface area contributed by atoms with Gasteiger partial charge in [0, 0.05) is 57.2 Å². The van der Waals surface area contributed by atoms with Gasteiger partial charge in [-0.15, -0.1) is 0 Å². The monoisotopic (exact) mass is 583 g/mol. The maximum atomic E-state index is 13.0. The van der Waals surface area contributed by atoms with E-state index in [1.54, 1.807) is 19.6 Å². The van der Waals surface area contributed by atoms with Crippen LogP contribution in [0.3, 0.4) is 0 Å². The maximum absolute atomic E-state index is 13.0. The van der Waals surface area contributed by atoms with Gasteiger partial charge >= 0.3 is 24.3 Å². The number of likely N-dealkylation sites (tertiary alicyclic amines) is 2. The Bertz CT molecular complexity index is 1120. The summed E-state index contributed by atoms with van der Waals surface area (Å²) >= 11 is 0. The minimum atomic E-state index is -5.08. The fraction of sp³-hybridized carbons (Fsp3) is 0.500. The predicted octanol–water partition coefficient (Wildman–Crippen LogP) is 3.61. The molecule has 0 radical (unpaired) electrons. The zero-order valence-corrected chi connectivity index (χ0v) is 21.3. The molecule has 0 aliphatic carbocycles. The van der Waals surface area contributed by atoms with Crippen molar-refractivity contribution in [1.29, 1.82) is 0 Å². The molecule has 4 heterocycles. The molecule has 2 N–H and O–H groups in total. The molecular formula is C24H27F6N3O7. The van der Waals surface area contributed by atoms with Gasteiger partial charge < -0.3 is 24.3 Å². The van der Waals surface area contributed by atoms with E-state index in [4.69, 9.17) is 29.0 Å². The molecule has 2 aliphatic heterocycles. The number of halogens is 6. The number of pyridine rings is 1. The topological polar surface area (TPSA) is 133 Å². The summed E-state index contributed by atoms with van der Waals surface area (Å²) in [5.74, 6) is -4.73. The van der Waals surface area contributed by atoms with Crippen LogP contribution < -0.4 is 0 Å². The van der Waals surface area contributed by atoms with Gasteiger partial charge in [-0.25, -0.2) is 9.59 Å². The number of alkyl halides is 6. The van der Waals surface area contributed by atoms with Crippen LogP contribution in [-0.2, 0) is 20.9 Å². The number of amides is 1. The SMILES string of the molecule is CO[C@@H]1CCN(C(=O)c2occc2C)[C@@H]2CN(Cc3cccnc3)C[C@@H]21.O=C(O)C(F)(F)F.O=C(O)C(F)(F)F. The van der Waals surface area contributed by atoms with Crippen LogP contribution in [0.25, 0.3) is 0 Å². The second-order valence-corrected chi connectivity index (χ2v) is 8.89. The van der Waals surface area contributed by atoms with Crippen molar-refractivity contribution >= 4 is 17.8 Å². The zero-order chi connectivity index (χ0) is 30.3. The standard InChI is InChI=1S/C20H25N3O3.2C2HF3O2/c1-14-6-9-26-19(14)20(24)23-8-5-18(25-2)16-12-22(13-17(16)23)11-15-4-3-7-21-10-15;2*3-2(4,5)1(6)7/h3-4,6-7,9-10,16-18H,5,8,11-13H2,1-2H3;2*(H,6,7)/t16-,17+,18+;;/m0../s1. The molecule has 2 aliphatic rings. The molecule has 2 fully saturated rings. The molecule has 0 spiro atoms. The Morgan fingerprint density at radius 1 is 1.07 bits per heavy atom. The molecule has 40 heavy (non-hydrogen) atoms. The quantitative estimate of drug-likeness (QED) is 0.518. The molecule has 10 nitrogen and oxygen atoms in total. The largest absolute Gasteiger partial charge is 0.490 e. The molecule has 0 bridgehead atoms. The van der Waals surface area contributed by atoms with Crippen LogP contribution in [0.5, 0.6) is 0 Å². The molecular weight excluding hydrogens is 556 g/mol. The lowest BCUT2D eigenvalue weighted by Gasteiger charge is -2.40. The third-order valence-electron chi connectivity index (χ3n) is 6.17. The first-order valence-electron chi connectivity index (χ1n) is 11.7. The first-order valence-corrected chi connectivity index (χ1v) is 11.7. The number of hydrogen-bond donors (Lipinski definition) is 2. The second-order valence-electron chi connectivity index (χ2n) is 8.89. The predicted molar refractivity (Wildman–Crippen MR) is 124 cm³/mol. The molecule has 4 rings (SSSR count). The number of ether oxygens (including phenoxy) is 1. The molecule has 222 valence electrons. The van der Waals surface area contributed by atoms with Crippen molar-refractivity contribution in [3.8, 4) is 0 Å². The van der Waals surface area contributed by atoms with Crippen molar-refractivity contribution in [2.45, 2.75) is 44.4 Å². The number of carbonyl (C=O) groups is 3. The third kappa shape index (κ3) is 8.94. The molecule has 0 aromatic carbocycles. The Kier molecular flexibility index (Phi) is 11.1. The van der Waals surface area contributed by atoms with Crippen LogP contribution in [0.15, 0.2) is 41.3 Å². The summed E-state index contributed by atoms with van der Waals surface area (Å²) in [5, 5.41) is 14.2. The van der Waals surface area contributed by atoms with E-state index in [9.17, 15) is 31.1 Å². The van der Waals surface area contributed by atoms with Gasteiger partial charge in [0.15, 0.2) is 5.76 Å². The number of piperidine rings is 1. The van der Waals surface area contributed by atoms with E-state index in [0.717, 1.165) is 31.6 Å². The number of hydrogen-bond acceptors (Lipinski definition) is 7. The Hall–Kier alpha value is -3.66. The number of nitrogens with zero attached hydrogens (tertiary/aromatic N) is 3. The minimum Gasteiger partial charge on any atom is -0.475 e. The number of aliphatic carboxylic acids is 2. The van der Waals surface area contributed by atoms with Crippen LogP contribution in [0.1, 0.15) is 28.1 Å². The fourth-order valence-electron chi connectivity index (χ4n) is 4.38. The van der Waals surface area contributed by atoms with Gasteiger partial charge in [-0.1, -0.05) is 6.07 Å². The number of carbonyl (C=O) groups excluding carboxylic acids is 1. The number of fused-ring (bicyclic) bond motifs is 1. The Balaban J connectivity index is 0.000000333. The molecule has 2 saturated heterocycles. The summed E-state index contributed by atoms with van der Waals surface area (Å²) in [6.07, 6.45) is -3.82. The van der Waals surface area contributed by atoms with Crippen molar-refractivity contribution < 1.29 is 60.1 Å². The van der Waals surface area contributed by atoms with Crippen molar-refractivity contribution in [2.75, 3.05) is 26.7 Å². The number of rotatable bonds is 4. The van der Waals surface area contributed by atoms with Crippen LogP contribution >= 0.6 is 0 Å². The number of aromatic nitrogens is 1. The molecule has 16 heteroatoms. The summed E-state index contributed by atoms with van der Waals surface area (Å²) in [4.78, 5) is 39.4. The highest BCUT2D eigenvalue weighted by molar-refractivity contribution is 5.93. The fourth-order valence-corrected chi connectivity index (χ4v) is 4.38. The molecule has 2 aromatic rings. The van der Waals surface area contributed by atoms with E-state index in [-0.39, 0.29) is 18.1 Å². The number of carboxylic acids is 2. The van der Waals surface area contributed by atoms with Crippen LogP contribution in [-0.4, -0.2) is 94.1 Å². The molecule has 2 aromatic heterocycles. The van der Waals surface area contributed by atoms with Crippen molar-refractivity contribution in [3.05, 3.63) is 53.7 Å². The molecule has 1 amide bonds. The first kappa shape index (κ1) is 32.6. The number of carboxylic acid groups (broad SMARTS) is 2. The second kappa shape index (κ2) is 13.6. The van der Waals surface area contributed by atoms with E-state index < -0.39 is 24.3 Å². The highest BCUT2D eigenvalue weighted by Gasteiger charge is 2.46. The molecule has 0 saturated carbocycles. The van der Waals surface area contributed by atoms with Gasteiger partial charge in [0.05, 0.1) is 18.4 Å². The minimum absolute atomic E-state index is 0.000260. The van der Waals surface area contributed by atoms with Crippen LogP contribution in [0.2, 0.25) is 0 Å². The highest BCUT2D eigenvalue weighted by Crippen LogP contribution is 2.34. The Labute approximate surface area is 224 Å². The van der Waals surface area contributed by atoms with E-state index >= 15 is 0 Å². The first-order chi connectivity index (χ1) is 18.6. The zero-order valence-electron chi connectivity index (χ0n) is 21.3. The van der Waals surface area contributed by atoms with Gasteiger partial charge in [0.1, 0.15) is 0 Å². The van der Waals surface area contributed by atoms with Crippen LogP contribution in [0.4, 0.5) is 26.3 Å². The summed E-state index contributed by atoms with van der Waals surface area (Å²) in [5.41, 5.74) is 2.09. The van der Waals surface area contributed by atoms with Crippen molar-refractivity contribution in [2.24, 2.45) is 5.92 Å². The van der Waals surface area contributed by atoms with Crippen LogP contribution in [0, 0.1) is 12.8 Å². The lowest BCUT2D eigenvalue weighted by molar-refractivity contribution is -0.193. The van der Waals surface area contributed by atoms with Crippen molar-refractivity contribution in [3.63, 3.8) is 0 Å². The molecule has 0 unspecified atom stereocenters. The van der Waals surface area contributed by atoms with Gasteiger partial charge in [-0.3, -0.25) is 14.7 Å². The number of methoxy groups -OCH3 is 1. The van der Waals surface area contributed by atoms with Gasteiger partial charge in [0.25, 0.3) is 5.91 Å². The average Bonchev–Trinajstić information content (AvgIpc) is 3.49. The van der Waals surface area contributed by atoms with E-state index in [2.05, 4.69) is 16.0 Å². The van der Waals surface area contributed by atoms with E-state index in [1.807, 2.05) is 30.2 Å².